The van der Waals surface area contributed by atoms with Crippen LogP contribution in [0.25, 0.3) is 0 Å². The first-order valence-corrected chi connectivity index (χ1v) is 10.2. The van der Waals surface area contributed by atoms with Crippen molar-refractivity contribution in [3.05, 3.63) is 107 Å². The van der Waals surface area contributed by atoms with Crippen molar-refractivity contribution < 1.29 is 4.79 Å². The fourth-order valence-electron chi connectivity index (χ4n) is 3.73. The SMILES string of the molecule is CC(NC(=O)[C@H](C(C)C)N(Cc1ccccc1)Cc1ccccc1)=C1C=CC=C1. The fourth-order valence-corrected chi connectivity index (χ4v) is 3.73. The van der Waals surface area contributed by atoms with E-state index < -0.39 is 0 Å². The number of hydrogen-bond acceptors (Lipinski definition) is 2. The largest absolute Gasteiger partial charge is 0.328 e. The molecular formula is C26H30N2O. The summed E-state index contributed by atoms with van der Waals surface area (Å²) in [4.78, 5) is 15.6. The summed E-state index contributed by atoms with van der Waals surface area (Å²) in [5.41, 5.74) is 4.36. The van der Waals surface area contributed by atoms with Gasteiger partial charge in [-0.2, -0.15) is 0 Å². The van der Waals surface area contributed by atoms with Gasteiger partial charge in [-0.25, -0.2) is 0 Å². The molecule has 29 heavy (non-hydrogen) atoms. The molecule has 1 amide bonds. The summed E-state index contributed by atoms with van der Waals surface area (Å²) in [6.45, 7) is 7.64. The smallest absolute Gasteiger partial charge is 0.241 e. The van der Waals surface area contributed by atoms with Gasteiger partial charge < -0.3 is 5.32 Å². The first kappa shape index (κ1) is 20.8. The van der Waals surface area contributed by atoms with Crippen molar-refractivity contribution in [2.45, 2.75) is 39.9 Å². The summed E-state index contributed by atoms with van der Waals surface area (Å²) >= 11 is 0. The summed E-state index contributed by atoms with van der Waals surface area (Å²) in [6.07, 6.45) is 8.02. The predicted octanol–water partition coefficient (Wildman–Crippen LogP) is 5.23. The van der Waals surface area contributed by atoms with E-state index in [1.165, 1.54) is 11.1 Å². The minimum atomic E-state index is -0.236. The molecule has 0 bridgehead atoms. The lowest BCUT2D eigenvalue weighted by Crippen LogP contribution is -2.49. The Labute approximate surface area is 174 Å². The lowest BCUT2D eigenvalue weighted by Gasteiger charge is -2.34. The van der Waals surface area contributed by atoms with Gasteiger partial charge in [0, 0.05) is 18.8 Å². The highest BCUT2D eigenvalue weighted by Crippen LogP contribution is 2.20. The van der Waals surface area contributed by atoms with E-state index in [4.69, 9.17) is 0 Å². The predicted molar refractivity (Wildman–Crippen MR) is 120 cm³/mol. The summed E-state index contributed by atoms with van der Waals surface area (Å²) < 4.78 is 0. The van der Waals surface area contributed by atoms with E-state index >= 15 is 0 Å². The van der Waals surface area contributed by atoms with Crippen molar-refractivity contribution in [1.29, 1.82) is 0 Å². The van der Waals surface area contributed by atoms with E-state index in [9.17, 15) is 4.79 Å². The van der Waals surface area contributed by atoms with E-state index in [1.54, 1.807) is 0 Å². The third kappa shape index (κ3) is 5.78. The Hall–Kier alpha value is -2.91. The average Bonchev–Trinajstić information content (AvgIpc) is 3.24. The monoisotopic (exact) mass is 386 g/mol. The highest BCUT2D eigenvalue weighted by molar-refractivity contribution is 5.84. The standard InChI is InChI=1S/C26H30N2O/c1-20(2)25(26(29)27-21(3)24-16-10-11-17-24)28(18-22-12-6-4-7-13-22)19-23-14-8-5-9-15-23/h4-17,20,25H,18-19H2,1-3H3,(H,27,29)/t25-/m0/s1. The molecule has 2 aromatic carbocycles. The Morgan fingerprint density at radius 1 is 0.862 bits per heavy atom. The molecule has 3 heteroatoms. The summed E-state index contributed by atoms with van der Waals surface area (Å²) in [7, 11) is 0. The Morgan fingerprint density at radius 3 is 1.79 bits per heavy atom. The lowest BCUT2D eigenvalue weighted by atomic mass is 9.99. The first-order chi connectivity index (χ1) is 14.0. The third-order valence-corrected chi connectivity index (χ3v) is 5.16. The zero-order valence-corrected chi connectivity index (χ0v) is 17.5. The van der Waals surface area contributed by atoms with Crippen LogP contribution in [0.3, 0.4) is 0 Å². The van der Waals surface area contributed by atoms with Gasteiger partial charge in [0.1, 0.15) is 0 Å². The van der Waals surface area contributed by atoms with Gasteiger partial charge in [-0.05, 0) is 29.5 Å². The number of rotatable bonds is 8. The van der Waals surface area contributed by atoms with Crippen LogP contribution in [-0.2, 0) is 17.9 Å². The van der Waals surface area contributed by atoms with Crippen LogP contribution in [0.5, 0.6) is 0 Å². The molecule has 150 valence electrons. The van der Waals surface area contributed by atoms with Crippen molar-refractivity contribution in [2.75, 3.05) is 0 Å². The molecule has 0 fully saturated rings. The van der Waals surface area contributed by atoms with E-state index in [0.29, 0.717) is 0 Å². The molecule has 3 nitrogen and oxygen atoms in total. The van der Waals surface area contributed by atoms with Crippen molar-refractivity contribution >= 4 is 5.91 Å². The zero-order chi connectivity index (χ0) is 20.6. The second-order valence-electron chi connectivity index (χ2n) is 7.85. The van der Waals surface area contributed by atoms with Crippen LogP contribution in [0.1, 0.15) is 31.9 Å². The quantitative estimate of drug-likeness (QED) is 0.674. The molecule has 0 spiro atoms. The van der Waals surface area contributed by atoms with Crippen LogP contribution in [0.15, 0.2) is 96.2 Å². The van der Waals surface area contributed by atoms with Crippen molar-refractivity contribution in [2.24, 2.45) is 5.92 Å². The Balaban J connectivity index is 1.86. The van der Waals surface area contributed by atoms with Gasteiger partial charge in [-0.15, -0.1) is 0 Å². The summed E-state index contributed by atoms with van der Waals surface area (Å²) in [5, 5.41) is 3.15. The second-order valence-corrected chi connectivity index (χ2v) is 7.85. The second kappa shape index (κ2) is 10.0. The maximum Gasteiger partial charge on any atom is 0.241 e. The van der Waals surface area contributed by atoms with Crippen LogP contribution >= 0.6 is 0 Å². The van der Waals surface area contributed by atoms with Crippen LogP contribution in [0.4, 0.5) is 0 Å². The van der Waals surface area contributed by atoms with Crippen LogP contribution in [-0.4, -0.2) is 16.8 Å². The Kier molecular flexibility index (Phi) is 7.20. The molecule has 3 rings (SSSR count). The highest BCUT2D eigenvalue weighted by atomic mass is 16.2. The Bertz CT molecular complexity index is 839. The molecule has 0 heterocycles. The molecule has 1 atom stereocenters. The highest BCUT2D eigenvalue weighted by Gasteiger charge is 2.29. The van der Waals surface area contributed by atoms with Crippen molar-refractivity contribution in [1.82, 2.24) is 10.2 Å². The Morgan fingerprint density at radius 2 is 1.34 bits per heavy atom. The molecule has 0 aromatic heterocycles. The molecule has 1 aliphatic carbocycles. The van der Waals surface area contributed by atoms with Gasteiger partial charge in [0.05, 0.1) is 6.04 Å². The van der Waals surface area contributed by atoms with Gasteiger partial charge in [0.2, 0.25) is 5.91 Å². The fraction of sp³-hybridized carbons (Fsp3) is 0.269. The number of carbonyl (C=O) groups is 1. The van der Waals surface area contributed by atoms with E-state index in [-0.39, 0.29) is 17.9 Å². The minimum Gasteiger partial charge on any atom is -0.328 e. The van der Waals surface area contributed by atoms with E-state index in [2.05, 4.69) is 48.3 Å². The molecule has 0 aliphatic heterocycles. The normalized spacial score (nSPS) is 13.9. The number of nitrogens with one attached hydrogen (secondary N) is 1. The number of benzene rings is 2. The molecule has 1 N–H and O–H groups in total. The van der Waals surface area contributed by atoms with Crippen molar-refractivity contribution in [3.63, 3.8) is 0 Å². The molecule has 1 aliphatic rings. The third-order valence-electron chi connectivity index (χ3n) is 5.16. The molecule has 0 unspecified atom stereocenters. The van der Waals surface area contributed by atoms with Crippen molar-refractivity contribution in [3.8, 4) is 0 Å². The van der Waals surface area contributed by atoms with Gasteiger partial charge in [-0.3, -0.25) is 9.69 Å². The maximum atomic E-state index is 13.3. The number of carbonyl (C=O) groups excluding carboxylic acids is 1. The molecule has 0 saturated heterocycles. The minimum absolute atomic E-state index is 0.0468. The summed E-state index contributed by atoms with van der Waals surface area (Å²) in [5.74, 6) is 0.223. The molecular weight excluding hydrogens is 356 g/mol. The lowest BCUT2D eigenvalue weighted by molar-refractivity contribution is -0.127. The number of allylic oxidation sites excluding steroid dienone is 6. The molecule has 2 aromatic rings. The number of hydrogen-bond donors (Lipinski definition) is 1. The molecule has 0 radical (unpaired) electrons. The van der Waals surface area contributed by atoms with Gasteiger partial charge in [0.25, 0.3) is 0 Å². The first-order valence-electron chi connectivity index (χ1n) is 10.2. The topological polar surface area (TPSA) is 32.3 Å². The zero-order valence-electron chi connectivity index (χ0n) is 17.5. The maximum absolute atomic E-state index is 13.3. The van der Waals surface area contributed by atoms with Gasteiger partial charge >= 0.3 is 0 Å². The molecule has 0 saturated carbocycles. The number of nitrogens with zero attached hydrogens (tertiary/aromatic N) is 1. The van der Waals surface area contributed by atoms with Gasteiger partial charge in [0.15, 0.2) is 0 Å². The van der Waals surface area contributed by atoms with E-state index in [1.807, 2.05) is 67.6 Å². The number of amides is 1. The van der Waals surface area contributed by atoms with Crippen LogP contribution in [0, 0.1) is 5.92 Å². The van der Waals surface area contributed by atoms with Crippen LogP contribution in [0.2, 0.25) is 0 Å². The van der Waals surface area contributed by atoms with Crippen LogP contribution < -0.4 is 5.32 Å². The summed E-state index contributed by atoms with van der Waals surface area (Å²) in [6, 6.07) is 20.5. The average molecular weight is 387 g/mol. The van der Waals surface area contributed by atoms with E-state index in [0.717, 1.165) is 24.4 Å². The van der Waals surface area contributed by atoms with Gasteiger partial charge in [-0.1, -0.05) is 98.8 Å².